The maximum Gasteiger partial charge on any atom is 0.258 e. The predicted molar refractivity (Wildman–Crippen MR) is 106 cm³/mol. The summed E-state index contributed by atoms with van der Waals surface area (Å²) < 4.78 is 0. The molecule has 3 aromatic rings. The Morgan fingerprint density at radius 1 is 0.926 bits per heavy atom. The first kappa shape index (κ1) is 18.3. The number of hydrogen-bond donors (Lipinski definition) is 2. The first-order valence-corrected chi connectivity index (χ1v) is 8.51. The molecular weight excluding hydrogens is 340 g/mol. The van der Waals surface area contributed by atoms with Crippen molar-refractivity contribution in [3.8, 4) is 0 Å². The van der Waals surface area contributed by atoms with Crippen LogP contribution in [0.25, 0.3) is 0 Å². The van der Waals surface area contributed by atoms with Crippen molar-refractivity contribution in [1.82, 2.24) is 9.97 Å². The van der Waals surface area contributed by atoms with E-state index in [0.717, 1.165) is 11.3 Å². The smallest absolute Gasteiger partial charge is 0.258 e. The second-order valence-corrected chi connectivity index (χ2v) is 6.33. The molecule has 0 radical (unpaired) electrons. The molecule has 0 saturated heterocycles. The molecule has 0 atom stereocenters. The Balaban J connectivity index is 1.70. The third kappa shape index (κ3) is 4.55. The fourth-order valence-electron chi connectivity index (χ4n) is 2.60. The van der Waals surface area contributed by atoms with Crippen LogP contribution in [0.15, 0.2) is 54.9 Å². The van der Waals surface area contributed by atoms with Gasteiger partial charge in [-0.1, -0.05) is 29.8 Å². The van der Waals surface area contributed by atoms with Crippen LogP contribution in [0, 0.1) is 13.8 Å². The molecule has 0 aliphatic heterocycles. The highest BCUT2D eigenvalue weighted by Gasteiger charge is 2.09. The number of aromatic nitrogens is 2. The van der Waals surface area contributed by atoms with Crippen LogP contribution in [0.1, 0.15) is 38.8 Å². The molecule has 1 amide bonds. The molecule has 27 heavy (non-hydrogen) atoms. The molecule has 136 valence electrons. The molecule has 0 bridgehead atoms. The lowest BCUT2D eigenvalue weighted by Crippen LogP contribution is -2.13. The number of benzene rings is 2. The van der Waals surface area contributed by atoms with Crippen molar-refractivity contribution in [2.75, 3.05) is 10.6 Å². The fourth-order valence-corrected chi connectivity index (χ4v) is 2.60. The van der Waals surface area contributed by atoms with Crippen LogP contribution in [0.3, 0.4) is 0 Å². The standard InChI is InChI=1S/C21H20N4O2/c1-13-7-8-19(14(2)9-13)25-21-22-11-17(12-23-21)20(27)24-18-6-4-5-16(10-18)15(3)26/h4-12H,1-3H3,(H,24,27)(H,22,23,25). The number of Topliss-reactive ketones (excluding diaryl/α,β-unsaturated/α-hetero) is 1. The van der Waals surface area contributed by atoms with E-state index in [1.54, 1.807) is 24.3 Å². The number of hydrogen-bond acceptors (Lipinski definition) is 5. The van der Waals surface area contributed by atoms with Gasteiger partial charge < -0.3 is 10.6 Å². The summed E-state index contributed by atoms with van der Waals surface area (Å²) in [6.07, 6.45) is 2.92. The second kappa shape index (κ2) is 7.78. The summed E-state index contributed by atoms with van der Waals surface area (Å²) in [5.41, 5.74) is 4.60. The van der Waals surface area contributed by atoms with Gasteiger partial charge >= 0.3 is 0 Å². The van der Waals surface area contributed by atoms with Crippen LogP contribution < -0.4 is 10.6 Å². The van der Waals surface area contributed by atoms with Crippen molar-refractivity contribution in [1.29, 1.82) is 0 Å². The first-order valence-electron chi connectivity index (χ1n) is 8.51. The average Bonchev–Trinajstić information content (AvgIpc) is 2.65. The fraction of sp³-hybridized carbons (Fsp3) is 0.143. The number of nitrogens with zero attached hydrogens (tertiary/aromatic N) is 2. The van der Waals surface area contributed by atoms with Crippen molar-refractivity contribution < 1.29 is 9.59 Å². The van der Waals surface area contributed by atoms with E-state index >= 15 is 0 Å². The number of carbonyl (C=O) groups is 2. The second-order valence-electron chi connectivity index (χ2n) is 6.33. The molecule has 1 heterocycles. The van der Waals surface area contributed by atoms with E-state index in [0.29, 0.717) is 22.8 Å². The highest BCUT2D eigenvalue weighted by Crippen LogP contribution is 2.19. The molecule has 0 spiro atoms. The molecule has 0 unspecified atom stereocenters. The lowest BCUT2D eigenvalue weighted by atomic mass is 10.1. The van der Waals surface area contributed by atoms with Crippen LogP contribution in [0.4, 0.5) is 17.3 Å². The van der Waals surface area contributed by atoms with E-state index in [1.165, 1.54) is 24.9 Å². The van der Waals surface area contributed by atoms with Gasteiger partial charge in [-0.15, -0.1) is 0 Å². The summed E-state index contributed by atoms with van der Waals surface area (Å²) in [6, 6.07) is 12.8. The van der Waals surface area contributed by atoms with Gasteiger partial charge in [0.25, 0.3) is 5.91 Å². The van der Waals surface area contributed by atoms with Gasteiger partial charge in [0.2, 0.25) is 5.95 Å². The number of ketones is 1. The Morgan fingerprint density at radius 3 is 2.33 bits per heavy atom. The summed E-state index contributed by atoms with van der Waals surface area (Å²) in [5.74, 6) is 0.0158. The van der Waals surface area contributed by atoms with Crippen molar-refractivity contribution in [3.05, 3.63) is 77.1 Å². The highest BCUT2D eigenvalue weighted by atomic mass is 16.1. The maximum atomic E-state index is 12.4. The highest BCUT2D eigenvalue weighted by molar-refractivity contribution is 6.04. The topological polar surface area (TPSA) is 84.0 Å². The average molecular weight is 360 g/mol. The van der Waals surface area contributed by atoms with Crippen molar-refractivity contribution in [3.63, 3.8) is 0 Å². The maximum absolute atomic E-state index is 12.4. The molecule has 6 heteroatoms. The lowest BCUT2D eigenvalue weighted by molar-refractivity contribution is 0.101. The summed E-state index contributed by atoms with van der Waals surface area (Å²) in [5, 5.41) is 5.89. The number of nitrogens with one attached hydrogen (secondary N) is 2. The number of carbonyl (C=O) groups excluding carboxylic acids is 2. The molecule has 2 N–H and O–H groups in total. The molecule has 0 saturated carbocycles. The van der Waals surface area contributed by atoms with Crippen molar-refractivity contribution in [2.24, 2.45) is 0 Å². The molecule has 1 aromatic heterocycles. The number of anilines is 3. The van der Waals surface area contributed by atoms with E-state index in [2.05, 4.69) is 26.7 Å². The molecule has 6 nitrogen and oxygen atoms in total. The number of amides is 1. The normalized spacial score (nSPS) is 10.3. The number of aryl methyl sites for hydroxylation is 2. The zero-order chi connectivity index (χ0) is 19.4. The molecule has 2 aromatic carbocycles. The minimum atomic E-state index is -0.339. The van der Waals surface area contributed by atoms with Crippen molar-refractivity contribution >= 4 is 29.0 Å². The van der Waals surface area contributed by atoms with Gasteiger partial charge in [-0.25, -0.2) is 9.97 Å². The van der Waals surface area contributed by atoms with E-state index in [9.17, 15) is 9.59 Å². The largest absolute Gasteiger partial charge is 0.324 e. The molecule has 0 fully saturated rings. The Bertz CT molecular complexity index is 997. The summed E-state index contributed by atoms with van der Waals surface area (Å²) in [7, 11) is 0. The van der Waals surface area contributed by atoms with E-state index in [-0.39, 0.29) is 11.7 Å². The molecular formula is C21H20N4O2. The summed E-state index contributed by atoms with van der Waals surface area (Å²) in [4.78, 5) is 32.2. The van der Waals surface area contributed by atoms with Gasteiger partial charge in [-0.3, -0.25) is 9.59 Å². The van der Waals surface area contributed by atoms with Crippen LogP contribution in [0.2, 0.25) is 0 Å². The van der Waals surface area contributed by atoms with E-state index in [1.807, 2.05) is 26.0 Å². The zero-order valence-corrected chi connectivity index (χ0v) is 15.4. The quantitative estimate of drug-likeness (QED) is 0.663. The Morgan fingerprint density at radius 2 is 1.67 bits per heavy atom. The Hall–Kier alpha value is -3.54. The SMILES string of the molecule is CC(=O)c1cccc(NC(=O)c2cnc(Nc3ccc(C)cc3C)nc2)c1. The van der Waals surface area contributed by atoms with Crippen LogP contribution in [0.5, 0.6) is 0 Å². The molecule has 3 rings (SSSR count). The van der Waals surface area contributed by atoms with Gasteiger partial charge in [0.1, 0.15) is 0 Å². The lowest BCUT2D eigenvalue weighted by Gasteiger charge is -2.09. The predicted octanol–water partition coefficient (Wildman–Crippen LogP) is 4.29. The van der Waals surface area contributed by atoms with Gasteiger partial charge in [0.05, 0.1) is 5.56 Å². The van der Waals surface area contributed by atoms with Crippen LogP contribution in [-0.2, 0) is 0 Å². The van der Waals surface area contributed by atoms with Gasteiger partial charge in [-0.05, 0) is 44.5 Å². The molecule has 0 aliphatic carbocycles. The van der Waals surface area contributed by atoms with Gasteiger partial charge in [0.15, 0.2) is 5.78 Å². The third-order valence-corrected chi connectivity index (χ3v) is 4.07. The van der Waals surface area contributed by atoms with E-state index in [4.69, 9.17) is 0 Å². The Kier molecular flexibility index (Phi) is 5.26. The minimum absolute atomic E-state index is 0.0590. The third-order valence-electron chi connectivity index (χ3n) is 4.07. The monoisotopic (exact) mass is 360 g/mol. The van der Waals surface area contributed by atoms with Crippen LogP contribution >= 0.6 is 0 Å². The summed E-state index contributed by atoms with van der Waals surface area (Å²) in [6.45, 7) is 5.52. The minimum Gasteiger partial charge on any atom is -0.324 e. The first-order chi connectivity index (χ1) is 12.9. The van der Waals surface area contributed by atoms with E-state index < -0.39 is 0 Å². The van der Waals surface area contributed by atoms with Gasteiger partial charge in [-0.2, -0.15) is 0 Å². The zero-order valence-electron chi connectivity index (χ0n) is 15.4. The number of rotatable bonds is 5. The summed E-state index contributed by atoms with van der Waals surface area (Å²) >= 11 is 0. The Labute approximate surface area is 157 Å². The van der Waals surface area contributed by atoms with Crippen LogP contribution in [-0.4, -0.2) is 21.7 Å². The molecule has 0 aliphatic rings. The van der Waals surface area contributed by atoms with Crippen molar-refractivity contribution in [2.45, 2.75) is 20.8 Å². The van der Waals surface area contributed by atoms with Gasteiger partial charge in [0, 0.05) is 29.3 Å².